The third-order valence-corrected chi connectivity index (χ3v) is 3.02. The minimum Gasteiger partial charge on any atom is -0.385 e. The minimum atomic E-state index is -0.897. The molecule has 2 rings (SSSR count). The lowest BCUT2D eigenvalue weighted by molar-refractivity contribution is 0.0576. The number of halogens is 1. The standard InChI is InChI=1S/C14H14ClNO/c1-14(17,10-11-6-8-16-9-7-11)12-2-4-13(15)5-3-12/h2-9,17H,10H2,1H3/t14-/m1/s1. The van der Waals surface area contributed by atoms with Gasteiger partial charge in [-0.15, -0.1) is 0 Å². The summed E-state index contributed by atoms with van der Waals surface area (Å²) in [6.45, 7) is 1.80. The van der Waals surface area contributed by atoms with Gasteiger partial charge in [0.25, 0.3) is 0 Å². The van der Waals surface area contributed by atoms with Gasteiger partial charge in [0, 0.05) is 23.8 Å². The number of rotatable bonds is 3. The van der Waals surface area contributed by atoms with E-state index in [1.807, 2.05) is 24.3 Å². The topological polar surface area (TPSA) is 33.1 Å². The van der Waals surface area contributed by atoms with E-state index in [9.17, 15) is 5.11 Å². The molecule has 0 radical (unpaired) electrons. The van der Waals surface area contributed by atoms with Crippen molar-refractivity contribution in [3.63, 3.8) is 0 Å². The first kappa shape index (κ1) is 12.1. The van der Waals surface area contributed by atoms with Crippen LogP contribution in [0.25, 0.3) is 0 Å². The Morgan fingerprint density at radius 3 is 2.29 bits per heavy atom. The molecule has 1 heterocycles. The van der Waals surface area contributed by atoms with Crippen LogP contribution in [0.3, 0.4) is 0 Å². The highest BCUT2D eigenvalue weighted by molar-refractivity contribution is 6.30. The Bertz CT molecular complexity index is 479. The molecule has 17 heavy (non-hydrogen) atoms. The second-order valence-electron chi connectivity index (χ2n) is 4.31. The average molecular weight is 248 g/mol. The fourth-order valence-electron chi connectivity index (χ4n) is 1.81. The number of benzene rings is 1. The highest BCUT2D eigenvalue weighted by Gasteiger charge is 2.23. The normalized spacial score (nSPS) is 14.3. The number of nitrogens with zero attached hydrogens (tertiary/aromatic N) is 1. The summed E-state index contributed by atoms with van der Waals surface area (Å²) < 4.78 is 0. The Kier molecular flexibility index (Phi) is 3.46. The van der Waals surface area contributed by atoms with Gasteiger partial charge in [-0.3, -0.25) is 4.98 Å². The van der Waals surface area contributed by atoms with Gasteiger partial charge in [0.15, 0.2) is 0 Å². The van der Waals surface area contributed by atoms with Crippen molar-refractivity contribution < 1.29 is 5.11 Å². The monoisotopic (exact) mass is 247 g/mol. The average Bonchev–Trinajstić information content (AvgIpc) is 2.30. The fraction of sp³-hybridized carbons (Fsp3) is 0.214. The number of aliphatic hydroxyl groups is 1. The molecule has 0 spiro atoms. The van der Waals surface area contributed by atoms with Crippen molar-refractivity contribution in [2.24, 2.45) is 0 Å². The third kappa shape index (κ3) is 3.05. The van der Waals surface area contributed by atoms with Gasteiger partial charge in [0.2, 0.25) is 0 Å². The Hall–Kier alpha value is -1.38. The van der Waals surface area contributed by atoms with E-state index in [0.29, 0.717) is 11.4 Å². The molecule has 0 saturated carbocycles. The van der Waals surface area contributed by atoms with Crippen molar-refractivity contribution >= 4 is 11.6 Å². The molecule has 1 atom stereocenters. The first-order valence-corrected chi connectivity index (χ1v) is 5.83. The van der Waals surface area contributed by atoms with Crippen LogP contribution in [0, 0.1) is 0 Å². The van der Waals surface area contributed by atoms with Crippen molar-refractivity contribution in [2.75, 3.05) is 0 Å². The van der Waals surface area contributed by atoms with Crippen LogP contribution in [0.1, 0.15) is 18.1 Å². The van der Waals surface area contributed by atoms with Crippen LogP contribution in [0.4, 0.5) is 0 Å². The van der Waals surface area contributed by atoms with Gasteiger partial charge in [0.05, 0.1) is 5.60 Å². The fourth-order valence-corrected chi connectivity index (χ4v) is 1.94. The molecule has 0 amide bonds. The second-order valence-corrected chi connectivity index (χ2v) is 4.75. The van der Waals surface area contributed by atoms with E-state index in [1.54, 1.807) is 31.5 Å². The van der Waals surface area contributed by atoms with E-state index in [2.05, 4.69) is 4.98 Å². The maximum absolute atomic E-state index is 10.5. The van der Waals surface area contributed by atoms with Crippen molar-refractivity contribution in [2.45, 2.75) is 18.9 Å². The summed E-state index contributed by atoms with van der Waals surface area (Å²) >= 11 is 5.83. The Balaban J connectivity index is 2.21. The largest absolute Gasteiger partial charge is 0.385 e. The van der Waals surface area contributed by atoms with Gasteiger partial charge in [-0.2, -0.15) is 0 Å². The van der Waals surface area contributed by atoms with Crippen molar-refractivity contribution in [3.05, 3.63) is 64.9 Å². The summed E-state index contributed by atoms with van der Waals surface area (Å²) in [5, 5.41) is 11.1. The second kappa shape index (κ2) is 4.86. The zero-order valence-corrected chi connectivity index (χ0v) is 10.4. The van der Waals surface area contributed by atoms with Gasteiger partial charge in [-0.05, 0) is 42.3 Å². The van der Waals surface area contributed by atoms with Crippen molar-refractivity contribution in [1.82, 2.24) is 4.98 Å². The van der Waals surface area contributed by atoms with Gasteiger partial charge < -0.3 is 5.11 Å². The van der Waals surface area contributed by atoms with Gasteiger partial charge in [-0.25, -0.2) is 0 Å². The molecule has 0 aliphatic rings. The number of hydrogen-bond acceptors (Lipinski definition) is 2. The van der Waals surface area contributed by atoms with Crippen molar-refractivity contribution in [3.8, 4) is 0 Å². The molecule has 1 aromatic heterocycles. The van der Waals surface area contributed by atoms with E-state index >= 15 is 0 Å². The molecule has 88 valence electrons. The van der Waals surface area contributed by atoms with Crippen LogP contribution in [0.2, 0.25) is 5.02 Å². The maximum Gasteiger partial charge on any atom is 0.0908 e. The Morgan fingerprint density at radius 1 is 1.12 bits per heavy atom. The SMILES string of the molecule is C[C@@](O)(Cc1ccncc1)c1ccc(Cl)cc1. The van der Waals surface area contributed by atoms with Gasteiger partial charge >= 0.3 is 0 Å². The van der Waals surface area contributed by atoms with Gasteiger partial charge in [-0.1, -0.05) is 23.7 Å². The van der Waals surface area contributed by atoms with Crippen LogP contribution in [0.5, 0.6) is 0 Å². The van der Waals surface area contributed by atoms with E-state index in [4.69, 9.17) is 11.6 Å². The summed E-state index contributed by atoms with van der Waals surface area (Å²) in [5.74, 6) is 0. The molecular formula is C14H14ClNO. The Morgan fingerprint density at radius 2 is 1.71 bits per heavy atom. The third-order valence-electron chi connectivity index (χ3n) is 2.76. The first-order chi connectivity index (χ1) is 8.08. The summed E-state index contributed by atoms with van der Waals surface area (Å²) in [4.78, 5) is 3.96. The lowest BCUT2D eigenvalue weighted by Crippen LogP contribution is -2.24. The summed E-state index contributed by atoms with van der Waals surface area (Å²) in [6.07, 6.45) is 4.01. The van der Waals surface area contributed by atoms with Crippen LogP contribution >= 0.6 is 11.6 Å². The highest BCUT2D eigenvalue weighted by atomic mass is 35.5. The van der Waals surface area contributed by atoms with Crippen LogP contribution < -0.4 is 0 Å². The molecule has 0 fully saturated rings. The number of aromatic nitrogens is 1. The predicted octanol–water partition coefficient (Wildman–Crippen LogP) is 3.19. The molecule has 0 bridgehead atoms. The summed E-state index contributed by atoms with van der Waals surface area (Å²) in [7, 11) is 0. The predicted molar refractivity (Wildman–Crippen MR) is 69.0 cm³/mol. The van der Waals surface area contributed by atoms with E-state index in [0.717, 1.165) is 11.1 Å². The number of pyridine rings is 1. The molecule has 1 N–H and O–H groups in total. The smallest absolute Gasteiger partial charge is 0.0908 e. The minimum absolute atomic E-state index is 0.553. The summed E-state index contributed by atoms with van der Waals surface area (Å²) in [6, 6.07) is 11.1. The van der Waals surface area contributed by atoms with Crippen molar-refractivity contribution in [1.29, 1.82) is 0 Å². The van der Waals surface area contributed by atoms with E-state index in [-0.39, 0.29) is 0 Å². The molecule has 0 aliphatic heterocycles. The number of hydrogen-bond donors (Lipinski definition) is 1. The Labute approximate surface area is 106 Å². The lowest BCUT2D eigenvalue weighted by atomic mass is 9.89. The molecule has 3 heteroatoms. The quantitative estimate of drug-likeness (QED) is 0.904. The zero-order chi connectivity index (χ0) is 12.3. The highest BCUT2D eigenvalue weighted by Crippen LogP contribution is 2.26. The molecular weight excluding hydrogens is 234 g/mol. The molecule has 1 aromatic carbocycles. The summed E-state index contributed by atoms with van der Waals surface area (Å²) in [5.41, 5.74) is 1.02. The molecule has 0 aliphatic carbocycles. The molecule has 0 unspecified atom stereocenters. The molecule has 0 saturated heterocycles. The van der Waals surface area contributed by atoms with Crippen LogP contribution in [-0.2, 0) is 12.0 Å². The first-order valence-electron chi connectivity index (χ1n) is 5.45. The lowest BCUT2D eigenvalue weighted by Gasteiger charge is -2.24. The van der Waals surface area contributed by atoms with E-state index in [1.165, 1.54) is 0 Å². The van der Waals surface area contributed by atoms with Gasteiger partial charge in [0.1, 0.15) is 0 Å². The molecule has 2 nitrogen and oxygen atoms in total. The van der Waals surface area contributed by atoms with E-state index < -0.39 is 5.60 Å². The van der Waals surface area contributed by atoms with Crippen LogP contribution in [0.15, 0.2) is 48.8 Å². The zero-order valence-electron chi connectivity index (χ0n) is 9.60. The van der Waals surface area contributed by atoms with Crippen LogP contribution in [-0.4, -0.2) is 10.1 Å². The molecule has 2 aromatic rings. The maximum atomic E-state index is 10.5.